The minimum absolute atomic E-state index is 0.0543. The average Bonchev–Trinajstić information content (AvgIpc) is 3.54. The first-order chi connectivity index (χ1) is 18.9. The van der Waals surface area contributed by atoms with Crippen molar-refractivity contribution < 1.29 is 24.2 Å². The molecule has 0 radical (unpaired) electrons. The van der Waals surface area contributed by atoms with Gasteiger partial charge in [0.15, 0.2) is 11.5 Å². The number of unbranched alkanes of at least 4 members (excludes halogenated alkanes) is 1. The Balaban J connectivity index is 1.56. The highest BCUT2D eigenvalue weighted by Gasteiger charge is 2.47. The van der Waals surface area contributed by atoms with Crippen molar-refractivity contribution in [2.45, 2.75) is 51.0 Å². The van der Waals surface area contributed by atoms with Crippen molar-refractivity contribution in [3.05, 3.63) is 48.0 Å². The molecule has 1 aromatic heterocycles. The van der Waals surface area contributed by atoms with Crippen molar-refractivity contribution >= 4 is 11.9 Å². The highest BCUT2D eigenvalue weighted by atomic mass is 16.7. The fourth-order valence-electron chi connectivity index (χ4n) is 5.63. The number of carbonyl (C=O) groups is 2. The molecule has 3 heterocycles. The van der Waals surface area contributed by atoms with E-state index in [9.17, 15) is 14.7 Å². The zero-order chi connectivity index (χ0) is 27.8. The predicted molar refractivity (Wildman–Crippen MR) is 147 cm³/mol. The van der Waals surface area contributed by atoms with E-state index in [1.807, 2.05) is 37.2 Å². The van der Waals surface area contributed by atoms with E-state index >= 15 is 0 Å². The Bertz CT molecular complexity index is 1100. The fourth-order valence-corrected chi connectivity index (χ4v) is 5.63. The van der Waals surface area contributed by atoms with E-state index in [2.05, 4.69) is 26.7 Å². The van der Waals surface area contributed by atoms with Crippen molar-refractivity contribution in [1.82, 2.24) is 24.7 Å². The summed E-state index contributed by atoms with van der Waals surface area (Å²) in [7, 11) is 4.07. The number of fused-ring (bicyclic) bond motifs is 1. The molecule has 1 saturated heterocycles. The molecule has 10 heteroatoms. The van der Waals surface area contributed by atoms with Crippen LogP contribution < -0.4 is 9.47 Å². The van der Waals surface area contributed by atoms with Crippen LogP contribution in [0.15, 0.2) is 36.7 Å². The van der Waals surface area contributed by atoms with Gasteiger partial charge in [0, 0.05) is 50.4 Å². The van der Waals surface area contributed by atoms with Crippen LogP contribution in [0.1, 0.15) is 49.9 Å². The molecule has 1 fully saturated rings. The van der Waals surface area contributed by atoms with Gasteiger partial charge < -0.3 is 24.4 Å². The van der Waals surface area contributed by atoms with E-state index in [0.717, 1.165) is 31.4 Å². The topological polar surface area (TPSA) is 108 Å². The number of amides is 1. The Morgan fingerprint density at radius 2 is 1.82 bits per heavy atom. The van der Waals surface area contributed by atoms with Gasteiger partial charge in [0.2, 0.25) is 12.7 Å². The number of carbonyl (C=O) groups excluding carboxylic acids is 1. The zero-order valence-electron chi connectivity index (χ0n) is 23.3. The lowest BCUT2D eigenvalue weighted by atomic mass is 9.83. The normalized spacial score (nSPS) is 20.5. The highest BCUT2D eigenvalue weighted by molar-refractivity contribution is 5.79. The van der Waals surface area contributed by atoms with Gasteiger partial charge in [0.25, 0.3) is 0 Å². The SMILES string of the molecule is CCCCN(CCCN(C)C)C(=O)CN1C[C@H](c2ccc3c(c2)OCO3)C(C(=O)O)[C@@H]1CCc1ncccn1. The van der Waals surface area contributed by atoms with Crippen LogP contribution in [-0.2, 0) is 16.0 Å². The summed E-state index contributed by atoms with van der Waals surface area (Å²) in [5.74, 6) is 0.195. The van der Waals surface area contributed by atoms with Crippen molar-refractivity contribution in [2.24, 2.45) is 5.92 Å². The summed E-state index contributed by atoms with van der Waals surface area (Å²) in [5, 5.41) is 10.4. The van der Waals surface area contributed by atoms with Gasteiger partial charge in [0.05, 0.1) is 12.5 Å². The minimum Gasteiger partial charge on any atom is -0.481 e. The second kappa shape index (κ2) is 13.7. The third-order valence-electron chi connectivity index (χ3n) is 7.65. The molecule has 1 amide bonds. The second-order valence-corrected chi connectivity index (χ2v) is 10.7. The Labute approximate surface area is 230 Å². The minimum atomic E-state index is -0.861. The number of likely N-dealkylation sites (tertiary alicyclic amines) is 1. The molecule has 4 rings (SSSR count). The van der Waals surface area contributed by atoms with Crippen LogP contribution in [0, 0.1) is 5.92 Å². The fraction of sp³-hybridized carbons (Fsp3) is 0.586. The number of hydrogen-bond acceptors (Lipinski definition) is 8. The van der Waals surface area contributed by atoms with Gasteiger partial charge in [-0.1, -0.05) is 19.4 Å². The van der Waals surface area contributed by atoms with Gasteiger partial charge in [-0.2, -0.15) is 0 Å². The smallest absolute Gasteiger partial charge is 0.308 e. The molecule has 3 atom stereocenters. The lowest BCUT2D eigenvalue weighted by molar-refractivity contribution is -0.143. The molecule has 0 saturated carbocycles. The number of ether oxygens (including phenoxy) is 2. The van der Waals surface area contributed by atoms with E-state index in [1.165, 1.54) is 0 Å². The second-order valence-electron chi connectivity index (χ2n) is 10.7. The molecular weight excluding hydrogens is 498 g/mol. The van der Waals surface area contributed by atoms with Crippen LogP contribution in [0.5, 0.6) is 11.5 Å². The zero-order valence-corrected chi connectivity index (χ0v) is 23.3. The van der Waals surface area contributed by atoms with E-state index in [4.69, 9.17) is 9.47 Å². The maximum Gasteiger partial charge on any atom is 0.308 e. The maximum atomic E-state index is 13.6. The molecule has 1 N–H and O–H groups in total. The van der Waals surface area contributed by atoms with Gasteiger partial charge in [-0.25, -0.2) is 9.97 Å². The van der Waals surface area contributed by atoms with Crippen LogP contribution in [0.2, 0.25) is 0 Å². The highest BCUT2D eigenvalue weighted by Crippen LogP contribution is 2.42. The van der Waals surface area contributed by atoms with Gasteiger partial charge >= 0.3 is 5.97 Å². The first-order valence-electron chi connectivity index (χ1n) is 13.9. The first-order valence-corrected chi connectivity index (χ1v) is 13.9. The molecule has 2 aliphatic heterocycles. The summed E-state index contributed by atoms with van der Waals surface area (Å²) >= 11 is 0. The molecule has 39 heavy (non-hydrogen) atoms. The van der Waals surface area contributed by atoms with Gasteiger partial charge in [-0.3, -0.25) is 14.5 Å². The Kier molecular flexibility index (Phi) is 10.1. The van der Waals surface area contributed by atoms with Crippen molar-refractivity contribution in [2.75, 3.05) is 53.6 Å². The molecule has 212 valence electrons. The molecule has 1 aromatic carbocycles. The lowest BCUT2D eigenvalue weighted by Crippen LogP contribution is -2.45. The number of carboxylic acids is 1. The van der Waals surface area contributed by atoms with E-state index in [-0.39, 0.29) is 31.2 Å². The largest absolute Gasteiger partial charge is 0.481 e. The summed E-state index contributed by atoms with van der Waals surface area (Å²) < 4.78 is 11.0. The van der Waals surface area contributed by atoms with Gasteiger partial charge in [-0.15, -0.1) is 0 Å². The van der Waals surface area contributed by atoms with Crippen LogP contribution in [-0.4, -0.2) is 101 Å². The number of benzene rings is 1. The average molecular weight is 540 g/mol. The van der Waals surface area contributed by atoms with E-state index < -0.39 is 11.9 Å². The number of aromatic nitrogens is 2. The molecule has 1 unspecified atom stereocenters. The molecular formula is C29H41N5O5. The standard InChI is InChI=1S/C29H41N5O5/c1-4-5-15-33(16-7-14-32(2)3)27(35)19-34-18-22(21-8-10-24-25(17-21)39-20-38-24)28(29(36)37)23(34)9-11-26-30-12-6-13-31-26/h6,8,10,12-13,17,22-23,28H,4-5,7,9,11,14-16,18-20H2,1-3H3,(H,36,37)/t22-,23+,28?/m1/s1. The maximum absolute atomic E-state index is 13.6. The number of hydrogen-bond donors (Lipinski definition) is 1. The lowest BCUT2D eigenvalue weighted by Gasteiger charge is -2.30. The van der Waals surface area contributed by atoms with E-state index in [1.54, 1.807) is 18.5 Å². The Hall–Kier alpha value is -3.24. The summed E-state index contributed by atoms with van der Waals surface area (Å²) in [6.45, 7) is 5.27. The summed E-state index contributed by atoms with van der Waals surface area (Å²) in [6.07, 6.45) is 7.33. The first kappa shape index (κ1) is 28.8. The number of carboxylic acid groups (broad SMARTS) is 1. The molecule has 0 bridgehead atoms. The summed E-state index contributed by atoms with van der Waals surface area (Å²) in [4.78, 5) is 41.2. The van der Waals surface area contributed by atoms with Gasteiger partial charge in [0.1, 0.15) is 5.82 Å². The summed E-state index contributed by atoms with van der Waals surface area (Å²) in [5.41, 5.74) is 0.886. The third-order valence-corrected chi connectivity index (χ3v) is 7.65. The Morgan fingerprint density at radius 1 is 1.08 bits per heavy atom. The molecule has 0 spiro atoms. The number of rotatable bonds is 14. The molecule has 0 aliphatic carbocycles. The Morgan fingerprint density at radius 3 is 2.54 bits per heavy atom. The monoisotopic (exact) mass is 539 g/mol. The van der Waals surface area contributed by atoms with Crippen LogP contribution in [0.4, 0.5) is 0 Å². The molecule has 2 aliphatic rings. The van der Waals surface area contributed by atoms with Crippen molar-refractivity contribution in [3.8, 4) is 11.5 Å². The van der Waals surface area contributed by atoms with Crippen molar-refractivity contribution in [1.29, 1.82) is 0 Å². The predicted octanol–water partition coefficient (Wildman–Crippen LogP) is 2.89. The van der Waals surface area contributed by atoms with Crippen molar-refractivity contribution in [3.63, 3.8) is 0 Å². The third kappa shape index (κ3) is 7.45. The van der Waals surface area contributed by atoms with Crippen LogP contribution in [0.25, 0.3) is 0 Å². The van der Waals surface area contributed by atoms with E-state index in [0.29, 0.717) is 49.8 Å². The summed E-state index contributed by atoms with van der Waals surface area (Å²) in [6, 6.07) is 7.09. The van der Waals surface area contributed by atoms with Crippen LogP contribution >= 0.6 is 0 Å². The van der Waals surface area contributed by atoms with Gasteiger partial charge in [-0.05, 0) is 63.7 Å². The molecule has 2 aromatic rings. The molecule has 10 nitrogen and oxygen atoms in total. The number of aryl methyl sites for hydroxylation is 1. The van der Waals surface area contributed by atoms with Crippen LogP contribution in [0.3, 0.4) is 0 Å². The quantitative estimate of drug-likeness (QED) is 0.388. The number of aliphatic carboxylic acids is 1. The number of nitrogens with zero attached hydrogens (tertiary/aromatic N) is 5.